The first-order chi connectivity index (χ1) is 25.8. The van der Waals surface area contributed by atoms with Crippen molar-refractivity contribution in [2.45, 2.75) is 0 Å². The van der Waals surface area contributed by atoms with Crippen molar-refractivity contribution in [1.82, 2.24) is 19.1 Å². The van der Waals surface area contributed by atoms with Gasteiger partial charge in [0.2, 0.25) is 0 Å². The average Bonchev–Trinajstić information content (AvgIpc) is 3.74. The summed E-state index contributed by atoms with van der Waals surface area (Å²) in [5, 5.41) is 7.19. The number of rotatable bonds is 4. The van der Waals surface area contributed by atoms with E-state index in [4.69, 9.17) is 9.97 Å². The molecule has 0 aliphatic carbocycles. The maximum Gasteiger partial charge on any atom is 0.0730 e. The molecule has 0 unspecified atom stereocenters. The second-order valence-electron chi connectivity index (χ2n) is 13.5. The van der Waals surface area contributed by atoms with Gasteiger partial charge in [-0.25, -0.2) is 0 Å². The Labute approximate surface area is 299 Å². The van der Waals surface area contributed by atoms with Crippen LogP contribution >= 0.6 is 0 Å². The van der Waals surface area contributed by atoms with Crippen molar-refractivity contribution in [3.05, 3.63) is 182 Å². The van der Waals surface area contributed by atoms with E-state index < -0.39 is 0 Å². The fourth-order valence-corrected chi connectivity index (χ4v) is 8.21. The molecule has 0 saturated heterocycles. The van der Waals surface area contributed by atoms with Crippen molar-refractivity contribution in [2.75, 3.05) is 0 Å². The van der Waals surface area contributed by atoms with Gasteiger partial charge < -0.3 is 9.13 Å². The maximum atomic E-state index is 4.92. The highest BCUT2D eigenvalue weighted by molar-refractivity contribution is 6.22. The molecule has 242 valence electrons. The van der Waals surface area contributed by atoms with Crippen LogP contribution in [0.3, 0.4) is 0 Å². The molecule has 0 radical (unpaired) electrons. The Kier molecular flexibility index (Phi) is 6.22. The van der Waals surface area contributed by atoms with Gasteiger partial charge in [-0.2, -0.15) is 0 Å². The standard InChI is InChI=1S/C48H30N4/c1-3-11-31(12-4-1)32-19-23-36(24-20-32)51-43-26-22-33(27-40(43)48-38-16-8-10-18-42(38)50-30-46(48)51)34-21-25-39-44(28-34)52(35-13-5-2-6-14-35)45-29-49-41-17-9-7-15-37(41)47(39)45/h1-30H. The smallest absolute Gasteiger partial charge is 0.0730 e. The lowest BCUT2D eigenvalue weighted by molar-refractivity contribution is 1.17. The minimum Gasteiger partial charge on any atom is -0.308 e. The largest absolute Gasteiger partial charge is 0.308 e. The molecule has 0 fully saturated rings. The predicted octanol–water partition coefficient (Wildman–Crippen LogP) is 12.3. The minimum absolute atomic E-state index is 0.994. The minimum atomic E-state index is 0.994. The van der Waals surface area contributed by atoms with E-state index in [0.29, 0.717) is 0 Å². The van der Waals surface area contributed by atoms with Crippen LogP contribution in [-0.2, 0) is 0 Å². The summed E-state index contributed by atoms with van der Waals surface area (Å²) in [5.41, 5.74) is 13.5. The molecule has 11 aromatic rings. The summed E-state index contributed by atoms with van der Waals surface area (Å²) in [5.74, 6) is 0. The molecule has 11 rings (SSSR count). The monoisotopic (exact) mass is 662 g/mol. The van der Waals surface area contributed by atoms with E-state index in [0.717, 1.165) is 55.4 Å². The van der Waals surface area contributed by atoms with Crippen LogP contribution in [0.25, 0.3) is 99.0 Å². The van der Waals surface area contributed by atoms with Crippen LogP contribution in [0.2, 0.25) is 0 Å². The van der Waals surface area contributed by atoms with E-state index in [1.54, 1.807) is 0 Å². The molecule has 0 atom stereocenters. The highest BCUT2D eigenvalue weighted by Gasteiger charge is 2.19. The lowest BCUT2D eigenvalue weighted by Crippen LogP contribution is -1.94. The van der Waals surface area contributed by atoms with Crippen molar-refractivity contribution in [3.8, 4) is 33.6 Å². The zero-order chi connectivity index (χ0) is 34.2. The number of para-hydroxylation sites is 3. The number of fused-ring (bicyclic) bond motifs is 10. The molecule has 0 aliphatic rings. The van der Waals surface area contributed by atoms with Gasteiger partial charge in [-0.05, 0) is 76.9 Å². The fourth-order valence-electron chi connectivity index (χ4n) is 8.21. The molecule has 0 aliphatic heterocycles. The first-order valence-electron chi connectivity index (χ1n) is 17.7. The Balaban J connectivity index is 1.15. The average molecular weight is 663 g/mol. The zero-order valence-electron chi connectivity index (χ0n) is 28.1. The summed E-state index contributed by atoms with van der Waals surface area (Å²) in [6, 6.07) is 60.8. The lowest BCUT2D eigenvalue weighted by atomic mass is 10.00. The molecule has 7 aromatic carbocycles. The molecular weight excluding hydrogens is 633 g/mol. The van der Waals surface area contributed by atoms with Crippen LogP contribution in [0.1, 0.15) is 0 Å². The molecular formula is C48H30N4. The third-order valence-corrected chi connectivity index (χ3v) is 10.6. The van der Waals surface area contributed by atoms with Crippen LogP contribution in [-0.4, -0.2) is 19.1 Å². The van der Waals surface area contributed by atoms with Gasteiger partial charge in [-0.3, -0.25) is 9.97 Å². The molecule has 4 heterocycles. The Morgan fingerprint density at radius 2 is 0.808 bits per heavy atom. The van der Waals surface area contributed by atoms with Crippen molar-refractivity contribution in [3.63, 3.8) is 0 Å². The quantitative estimate of drug-likeness (QED) is 0.188. The Hall–Kier alpha value is -7.04. The van der Waals surface area contributed by atoms with E-state index in [1.807, 2.05) is 12.4 Å². The molecule has 0 N–H and O–H groups in total. The first kappa shape index (κ1) is 28.8. The fraction of sp³-hybridized carbons (Fsp3) is 0. The topological polar surface area (TPSA) is 35.6 Å². The zero-order valence-corrected chi connectivity index (χ0v) is 28.1. The summed E-state index contributed by atoms with van der Waals surface area (Å²) >= 11 is 0. The number of aromatic nitrogens is 4. The molecule has 4 aromatic heterocycles. The third kappa shape index (κ3) is 4.28. The van der Waals surface area contributed by atoms with E-state index in [-0.39, 0.29) is 0 Å². The van der Waals surface area contributed by atoms with Crippen molar-refractivity contribution in [2.24, 2.45) is 0 Å². The molecule has 52 heavy (non-hydrogen) atoms. The number of hydrogen-bond acceptors (Lipinski definition) is 2. The second-order valence-corrected chi connectivity index (χ2v) is 13.5. The summed E-state index contributed by atoms with van der Waals surface area (Å²) in [6.07, 6.45) is 4.06. The van der Waals surface area contributed by atoms with Crippen molar-refractivity contribution in [1.29, 1.82) is 0 Å². The summed E-state index contributed by atoms with van der Waals surface area (Å²) < 4.78 is 4.72. The Bertz CT molecular complexity index is 3160. The number of pyridine rings is 2. The molecule has 0 spiro atoms. The highest BCUT2D eigenvalue weighted by Crippen LogP contribution is 2.41. The van der Waals surface area contributed by atoms with Crippen LogP contribution in [0.4, 0.5) is 0 Å². The van der Waals surface area contributed by atoms with Gasteiger partial charge in [0.15, 0.2) is 0 Å². The van der Waals surface area contributed by atoms with Crippen LogP contribution in [0.15, 0.2) is 182 Å². The maximum absolute atomic E-state index is 4.92. The molecule has 0 amide bonds. The van der Waals surface area contributed by atoms with Gasteiger partial charge in [0.1, 0.15) is 0 Å². The molecule has 4 nitrogen and oxygen atoms in total. The van der Waals surface area contributed by atoms with Crippen LogP contribution in [0.5, 0.6) is 0 Å². The van der Waals surface area contributed by atoms with Gasteiger partial charge >= 0.3 is 0 Å². The second kappa shape index (κ2) is 11.2. The summed E-state index contributed by atoms with van der Waals surface area (Å²) in [6.45, 7) is 0. The van der Waals surface area contributed by atoms with E-state index in [9.17, 15) is 0 Å². The lowest BCUT2D eigenvalue weighted by Gasteiger charge is -2.10. The predicted molar refractivity (Wildman–Crippen MR) is 217 cm³/mol. The summed E-state index contributed by atoms with van der Waals surface area (Å²) in [7, 11) is 0. The first-order valence-corrected chi connectivity index (χ1v) is 17.7. The molecule has 4 heteroatoms. The normalized spacial score (nSPS) is 11.8. The summed E-state index contributed by atoms with van der Waals surface area (Å²) in [4.78, 5) is 9.80. The third-order valence-electron chi connectivity index (χ3n) is 10.6. The van der Waals surface area contributed by atoms with Gasteiger partial charge in [-0.1, -0.05) is 115 Å². The van der Waals surface area contributed by atoms with Gasteiger partial charge in [0.05, 0.1) is 45.5 Å². The Morgan fingerprint density at radius 3 is 1.50 bits per heavy atom. The molecule has 0 bridgehead atoms. The number of hydrogen-bond donors (Lipinski definition) is 0. The highest BCUT2D eigenvalue weighted by atomic mass is 15.0. The number of benzene rings is 7. The SMILES string of the molecule is c1ccc(-c2ccc(-n3c4ccc(-c5ccc6c7c8ccccc8ncc7n(-c7ccccc7)c6c5)cc4c4c5ccccc5ncc43)cc2)cc1. The van der Waals surface area contributed by atoms with Gasteiger partial charge in [0.25, 0.3) is 0 Å². The van der Waals surface area contributed by atoms with Gasteiger partial charge in [0, 0.05) is 43.7 Å². The van der Waals surface area contributed by atoms with Crippen LogP contribution in [0, 0.1) is 0 Å². The van der Waals surface area contributed by atoms with E-state index in [1.165, 1.54) is 43.6 Å². The van der Waals surface area contributed by atoms with Gasteiger partial charge in [-0.15, -0.1) is 0 Å². The van der Waals surface area contributed by atoms with Crippen LogP contribution < -0.4 is 0 Å². The van der Waals surface area contributed by atoms with E-state index in [2.05, 4.69) is 179 Å². The van der Waals surface area contributed by atoms with Crippen molar-refractivity contribution >= 4 is 65.4 Å². The van der Waals surface area contributed by atoms with E-state index >= 15 is 0 Å². The van der Waals surface area contributed by atoms with Crippen molar-refractivity contribution < 1.29 is 0 Å². The Morgan fingerprint density at radius 1 is 0.308 bits per heavy atom. The number of nitrogens with zero attached hydrogens (tertiary/aromatic N) is 4. The molecule has 0 saturated carbocycles.